The number of fused-ring (bicyclic) bond motifs is 1. The number of aromatic hydroxyl groups is 8. The van der Waals surface area contributed by atoms with Crippen molar-refractivity contribution in [3.63, 3.8) is 0 Å². The number of rotatable bonds is 7. The van der Waals surface area contributed by atoms with Crippen LogP contribution in [0.25, 0.3) is 12.2 Å². The Kier molecular flexibility index (Phi) is 8.52. The number of carbonyl (C=O) groups excluding carboxylic acids is 1. The predicted molar refractivity (Wildman–Crippen MR) is 151 cm³/mol. The Labute approximate surface area is 253 Å². The molecule has 2 aliphatic rings. The summed E-state index contributed by atoms with van der Waals surface area (Å²) in [6, 6.07) is 8.25. The second kappa shape index (κ2) is 12.3. The van der Waals surface area contributed by atoms with Gasteiger partial charge in [0, 0.05) is 18.2 Å². The van der Waals surface area contributed by atoms with Crippen LogP contribution in [0.15, 0.2) is 54.3 Å². The van der Waals surface area contributed by atoms with Crippen molar-refractivity contribution in [2.24, 2.45) is 0 Å². The van der Waals surface area contributed by atoms with Crippen LogP contribution in [0.3, 0.4) is 0 Å². The summed E-state index contributed by atoms with van der Waals surface area (Å²) in [6.45, 7) is -0.607. The molecule has 238 valence electrons. The highest BCUT2D eigenvalue weighted by molar-refractivity contribution is 5.87. The van der Waals surface area contributed by atoms with E-state index in [1.54, 1.807) is 0 Å². The number of phenols is 7. The number of aliphatic hydroxyl groups excluding tert-OH is 3. The van der Waals surface area contributed by atoms with Crippen molar-refractivity contribution in [1.29, 1.82) is 0 Å². The van der Waals surface area contributed by atoms with Crippen LogP contribution in [-0.4, -0.2) is 99.1 Å². The molecule has 6 unspecified atom stereocenters. The maximum Gasteiger partial charge on any atom is 0.330 e. The highest BCUT2D eigenvalue weighted by Gasteiger charge is 2.47. The Balaban J connectivity index is 1.37. The topological polar surface area (TPSA) is 260 Å². The van der Waals surface area contributed by atoms with Crippen molar-refractivity contribution in [3.8, 4) is 46.0 Å². The summed E-state index contributed by atoms with van der Waals surface area (Å²) >= 11 is 0. The number of benzene rings is 3. The molecule has 0 radical (unpaired) electrons. The summed E-state index contributed by atoms with van der Waals surface area (Å²) in [6.07, 6.45) is -6.22. The second-order valence-corrected chi connectivity index (χ2v) is 10.2. The third-order valence-corrected chi connectivity index (χ3v) is 7.08. The molecule has 2 heterocycles. The summed E-state index contributed by atoms with van der Waals surface area (Å²) < 4.78 is 21.0. The minimum absolute atomic E-state index is 0.0626. The van der Waals surface area contributed by atoms with Crippen LogP contribution in [0.1, 0.15) is 22.8 Å². The monoisotopic (exact) mass is 629 g/mol. The molecule has 0 aliphatic carbocycles. The fourth-order valence-corrected chi connectivity index (χ4v) is 4.71. The number of phenolic OH excluding ortho intramolecular Hbond substituents is 7. The molecule has 0 aromatic heterocycles. The van der Waals surface area contributed by atoms with Crippen molar-refractivity contribution < 1.29 is 74.8 Å². The van der Waals surface area contributed by atoms with Crippen molar-refractivity contribution in [2.45, 2.75) is 36.8 Å². The minimum Gasteiger partial charge on any atom is -0.571 e. The smallest absolute Gasteiger partial charge is 0.330 e. The molecule has 11 N–H and O–H groups in total. The summed E-state index contributed by atoms with van der Waals surface area (Å²) in [7, 11) is 0. The molecule has 15 heteroatoms. The Morgan fingerprint density at radius 3 is 2.22 bits per heavy atom. The molecule has 1 fully saturated rings. The molecule has 0 saturated carbocycles. The van der Waals surface area contributed by atoms with E-state index in [4.69, 9.17) is 14.2 Å². The van der Waals surface area contributed by atoms with Gasteiger partial charge in [-0.05, 0) is 35.9 Å². The first-order valence-electron chi connectivity index (χ1n) is 13.3. The van der Waals surface area contributed by atoms with Gasteiger partial charge >= 0.3 is 5.97 Å². The van der Waals surface area contributed by atoms with Gasteiger partial charge in [-0.25, -0.2) is 4.79 Å². The van der Waals surface area contributed by atoms with Crippen LogP contribution >= 0.6 is 0 Å². The van der Waals surface area contributed by atoms with Gasteiger partial charge in [0.05, 0.1) is 11.6 Å². The SMILES string of the molecule is O=C(C=Cc1ccc(O)c(O)c1)OCC1OC(OC2=Cc3c(O)cc(O)cc3[OH+]C2c2cc(O)c(O)c(O)c2)C(O)C(O)C1O. The van der Waals surface area contributed by atoms with Gasteiger partial charge in [-0.15, -0.1) is 0 Å². The number of esters is 1. The first-order valence-corrected chi connectivity index (χ1v) is 13.3. The number of carbonyl (C=O) groups is 1. The summed E-state index contributed by atoms with van der Waals surface area (Å²) in [5, 5.41) is 101. The lowest BCUT2D eigenvalue weighted by molar-refractivity contribution is -0.296. The highest BCUT2D eigenvalue weighted by atomic mass is 16.7. The lowest BCUT2D eigenvalue weighted by Crippen LogP contribution is -2.59. The molecule has 5 rings (SSSR count). The third kappa shape index (κ3) is 6.46. The quantitative estimate of drug-likeness (QED) is 0.0758. The average molecular weight is 630 g/mol. The Morgan fingerprint density at radius 2 is 1.53 bits per heavy atom. The van der Waals surface area contributed by atoms with E-state index < -0.39 is 78.1 Å². The van der Waals surface area contributed by atoms with Crippen LogP contribution in [0.4, 0.5) is 0 Å². The second-order valence-electron chi connectivity index (χ2n) is 10.2. The maximum absolute atomic E-state index is 12.3. The van der Waals surface area contributed by atoms with Gasteiger partial charge in [0.1, 0.15) is 48.1 Å². The van der Waals surface area contributed by atoms with Crippen molar-refractivity contribution in [3.05, 3.63) is 71.0 Å². The molecular weight excluding hydrogens is 600 g/mol. The number of hydrogen-bond donors (Lipinski definition) is 10. The van der Waals surface area contributed by atoms with E-state index >= 15 is 0 Å². The Morgan fingerprint density at radius 1 is 0.822 bits per heavy atom. The van der Waals surface area contributed by atoms with Gasteiger partial charge in [-0.2, -0.15) is 0 Å². The number of ether oxygens (including phenoxy) is 4. The van der Waals surface area contributed by atoms with Gasteiger partial charge in [-0.1, -0.05) is 6.07 Å². The molecule has 6 atom stereocenters. The normalized spacial score (nSPS) is 24.4. The number of hydrogen-bond acceptors (Lipinski definition) is 14. The van der Waals surface area contributed by atoms with E-state index in [0.717, 1.165) is 24.3 Å². The zero-order valence-corrected chi connectivity index (χ0v) is 23.0. The first kappa shape index (κ1) is 31.1. The molecule has 3 aromatic carbocycles. The summed E-state index contributed by atoms with van der Waals surface area (Å²) in [5.41, 5.74) is 0.506. The molecule has 0 spiro atoms. The van der Waals surface area contributed by atoms with Crippen LogP contribution in [0.2, 0.25) is 0 Å². The Hall–Kier alpha value is -5.35. The van der Waals surface area contributed by atoms with Gasteiger partial charge in [0.2, 0.25) is 6.29 Å². The van der Waals surface area contributed by atoms with Crippen LogP contribution in [-0.2, 0) is 19.0 Å². The third-order valence-electron chi connectivity index (χ3n) is 7.08. The molecular formula is C30H29O15+. The zero-order chi connectivity index (χ0) is 32.6. The lowest BCUT2D eigenvalue weighted by Gasteiger charge is -2.40. The number of aliphatic hydroxyl groups is 4. The van der Waals surface area contributed by atoms with Crippen LogP contribution in [0.5, 0.6) is 46.0 Å². The molecule has 15 nitrogen and oxygen atoms in total. The molecule has 45 heavy (non-hydrogen) atoms. The maximum atomic E-state index is 12.3. The van der Waals surface area contributed by atoms with E-state index in [1.165, 1.54) is 36.4 Å². The fourth-order valence-electron chi connectivity index (χ4n) is 4.71. The van der Waals surface area contributed by atoms with Crippen molar-refractivity contribution in [2.75, 3.05) is 6.61 Å². The van der Waals surface area contributed by atoms with Crippen LogP contribution < -0.4 is 0 Å². The van der Waals surface area contributed by atoms with Crippen molar-refractivity contribution >= 4 is 18.1 Å². The molecule has 3 aromatic rings. The first-order chi connectivity index (χ1) is 21.3. The summed E-state index contributed by atoms with van der Waals surface area (Å²) in [5.74, 6) is -4.63. The van der Waals surface area contributed by atoms with E-state index in [9.17, 15) is 55.9 Å². The predicted octanol–water partition coefficient (Wildman–Crippen LogP) is 1.04. The standard InChI is InChI=1S/C30H28O15/c31-14-8-17(33)15-10-22(29(43-21(15)9-14)13-6-19(35)25(38)20(36)7-13)44-30-28(41)27(40)26(39)23(45-30)11-42-24(37)4-2-12-1-3-16(32)18(34)5-12/h1-10,23,26-36,38-41H,11H2/p+1. The van der Waals surface area contributed by atoms with E-state index in [0.29, 0.717) is 5.56 Å². The van der Waals surface area contributed by atoms with Gasteiger partial charge in [0.25, 0.3) is 11.9 Å². The lowest BCUT2D eigenvalue weighted by atomic mass is 9.98. The highest BCUT2D eigenvalue weighted by Crippen LogP contribution is 2.47. The van der Waals surface area contributed by atoms with Gasteiger partial charge < -0.3 is 70.0 Å². The van der Waals surface area contributed by atoms with E-state index in [2.05, 4.69) is 4.74 Å². The van der Waals surface area contributed by atoms with Crippen molar-refractivity contribution in [1.82, 2.24) is 0 Å². The molecule has 0 bridgehead atoms. The molecule has 1 saturated heterocycles. The van der Waals surface area contributed by atoms with Crippen LogP contribution in [0, 0.1) is 0 Å². The average Bonchev–Trinajstić information content (AvgIpc) is 2.99. The van der Waals surface area contributed by atoms with E-state index in [1.807, 2.05) is 0 Å². The molecule has 2 aliphatic heterocycles. The van der Waals surface area contributed by atoms with E-state index in [-0.39, 0.29) is 34.1 Å². The van der Waals surface area contributed by atoms with Gasteiger partial charge in [0.15, 0.2) is 34.5 Å². The largest absolute Gasteiger partial charge is 0.571 e. The fraction of sp³-hybridized carbons (Fsp3) is 0.233. The van der Waals surface area contributed by atoms with Gasteiger partial charge in [-0.3, -0.25) is 0 Å². The summed E-state index contributed by atoms with van der Waals surface area (Å²) in [4.78, 5) is 12.3. The molecule has 0 amide bonds. The Bertz CT molecular complexity index is 1640. The minimum atomic E-state index is -1.85. The zero-order valence-electron chi connectivity index (χ0n) is 23.0.